The highest BCUT2D eigenvalue weighted by Gasteiger charge is 2.40. The maximum atomic E-state index is 12.1. The average Bonchev–Trinajstić information content (AvgIpc) is 3.01. The van der Waals surface area contributed by atoms with Gasteiger partial charge < -0.3 is 5.32 Å². The number of benzene rings is 1. The summed E-state index contributed by atoms with van der Waals surface area (Å²) in [6.45, 7) is 0. The third kappa shape index (κ3) is 2.32. The Hall–Kier alpha value is -1.91. The lowest BCUT2D eigenvalue weighted by atomic mass is 9.95. The quantitative estimate of drug-likeness (QED) is 0.670. The predicted octanol–water partition coefficient (Wildman–Crippen LogP) is 2.51. The van der Waals surface area contributed by atoms with Gasteiger partial charge >= 0.3 is 0 Å². The minimum absolute atomic E-state index is 0.0411. The maximum Gasteiger partial charge on any atom is 0.270 e. The lowest BCUT2D eigenvalue weighted by Crippen LogP contribution is -2.38. The molecule has 2 bridgehead atoms. The van der Waals surface area contributed by atoms with Crippen molar-refractivity contribution in [1.29, 1.82) is 0 Å². The Kier molecular flexibility index (Phi) is 2.97. The molecule has 1 aromatic carbocycles. The Balaban J connectivity index is 1.70. The third-order valence-electron chi connectivity index (χ3n) is 4.37. The van der Waals surface area contributed by atoms with Crippen LogP contribution in [0.1, 0.15) is 36.0 Å². The Morgan fingerprint density at radius 2 is 2.16 bits per heavy atom. The summed E-state index contributed by atoms with van der Waals surface area (Å²) in [5, 5.41) is 13.7. The fourth-order valence-electron chi connectivity index (χ4n) is 3.43. The number of nitrogens with zero attached hydrogens (tertiary/aromatic N) is 1. The molecule has 2 fully saturated rings. The van der Waals surface area contributed by atoms with E-state index in [0.717, 1.165) is 12.3 Å². The van der Waals surface area contributed by atoms with Crippen LogP contribution in [0.3, 0.4) is 0 Å². The fraction of sp³-hybridized carbons (Fsp3) is 0.500. The first-order valence-electron chi connectivity index (χ1n) is 6.69. The molecule has 100 valence electrons. The van der Waals surface area contributed by atoms with E-state index in [1.54, 1.807) is 12.1 Å². The molecule has 0 saturated heterocycles. The number of fused-ring (bicyclic) bond motifs is 2. The Morgan fingerprint density at radius 1 is 1.32 bits per heavy atom. The molecule has 5 nitrogen and oxygen atoms in total. The van der Waals surface area contributed by atoms with Crippen LogP contribution in [0.5, 0.6) is 0 Å². The van der Waals surface area contributed by atoms with Crippen molar-refractivity contribution < 1.29 is 9.72 Å². The topological polar surface area (TPSA) is 72.2 Å². The molecule has 0 aromatic heterocycles. The van der Waals surface area contributed by atoms with Crippen LogP contribution in [0, 0.1) is 22.0 Å². The number of non-ortho nitro benzene ring substituents is 1. The van der Waals surface area contributed by atoms with Crippen molar-refractivity contribution in [3.63, 3.8) is 0 Å². The number of hydrogen-bond acceptors (Lipinski definition) is 3. The SMILES string of the molecule is O=C(N[C@@H]1C[C@H]2CC[C@@H]1C2)c1cccc([N+](=O)[O-])c1. The van der Waals surface area contributed by atoms with E-state index in [1.165, 1.54) is 31.4 Å². The van der Waals surface area contributed by atoms with Gasteiger partial charge in [0, 0.05) is 23.7 Å². The molecule has 1 amide bonds. The first-order chi connectivity index (χ1) is 9.13. The second kappa shape index (κ2) is 4.64. The predicted molar refractivity (Wildman–Crippen MR) is 69.8 cm³/mol. The van der Waals surface area contributed by atoms with Crippen LogP contribution in [0.15, 0.2) is 24.3 Å². The number of hydrogen-bond donors (Lipinski definition) is 1. The molecule has 0 spiro atoms. The van der Waals surface area contributed by atoms with Gasteiger partial charge in [-0.05, 0) is 37.2 Å². The highest BCUT2D eigenvalue weighted by Crippen LogP contribution is 2.44. The Morgan fingerprint density at radius 3 is 2.79 bits per heavy atom. The Labute approximate surface area is 111 Å². The summed E-state index contributed by atoms with van der Waals surface area (Å²) < 4.78 is 0. The van der Waals surface area contributed by atoms with Gasteiger partial charge in [0.15, 0.2) is 0 Å². The van der Waals surface area contributed by atoms with E-state index in [2.05, 4.69) is 5.32 Å². The van der Waals surface area contributed by atoms with Crippen LogP contribution in [0.25, 0.3) is 0 Å². The fourth-order valence-corrected chi connectivity index (χ4v) is 3.43. The zero-order valence-electron chi connectivity index (χ0n) is 10.5. The number of nitro groups is 1. The first-order valence-corrected chi connectivity index (χ1v) is 6.69. The lowest BCUT2D eigenvalue weighted by Gasteiger charge is -2.22. The molecule has 3 atom stereocenters. The summed E-state index contributed by atoms with van der Waals surface area (Å²) in [6.07, 6.45) is 4.77. The van der Waals surface area contributed by atoms with Crippen LogP contribution in [0.4, 0.5) is 5.69 Å². The van der Waals surface area contributed by atoms with Gasteiger partial charge in [-0.15, -0.1) is 0 Å². The van der Waals surface area contributed by atoms with Crippen molar-refractivity contribution in [1.82, 2.24) is 5.32 Å². The molecule has 2 saturated carbocycles. The van der Waals surface area contributed by atoms with Crippen LogP contribution in [0.2, 0.25) is 0 Å². The smallest absolute Gasteiger partial charge is 0.270 e. The summed E-state index contributed by atoms with van der Waals surface area (Å²) in [6, 6.07) is 6.16. The van der Waals surface area contributed by atoms with Gasteiger partial charge in [-0.3, -0.25) is 14.9 Å². The molecule has 1 aromatic rings. The summed E-state index contributed by atoms with van der Waals surface area (Å²) in [7, 11) is 0. The lowest BCUT2D eigenvalue weighted by molar-refractivity contribution is -0.384. The molecule has 2 aliphatic rings. The van der Waals surface area contributed by atoms with Crippen molar-refractivity contribution in [3.05, 3.63) is 39.9 Å². The Bertz CT molecular complexity index is 529. The van der Waals surface area contributed by atoms with Gasteiger partial charge in [-0.2, -0.15) is 0 Å². The van der Waals surface area contributed by atoms with Crippen molar-refractivity contribution in [2.45, 2.75) is 31.7 Å². The van der Waals surface area contributed by atoms with E-state index in [0.29, 0.717) is 11.5 Å². The van der Waals surface area contributed by atoms with Gasteiger partial charge in [0.25, 0.3) is 11.6 Å². The standard InChI is InChI=1S/C14H16N2O3/c17-14(11-2-1-3-12(8-11)16(18)19)15-13-7-9-4-5-10(13)6-9/h1-3,8-10,13H,4-7H2,(H,15,17)/t9-,10+,13+/m0/s1. The molecule has 2 aliphatic carbocycles. The minimum atomic E-state index is -0.478. The van der Waals surface area contributed by atoms with Gasteiger partial charge in [0.05, 0.1) is 4.92 Å². The second-order valence-electron chi connectivity index (χ2n) is 5.56. The molecule has 0 radical (unpaired) electrons. The number of amides is 1. The second-order valence-corrected chi connectivity index (χ2v) is 5.56. The van der Waals surface area contributed by atoms with Crippen molar-refractivity contribution in [2.75, 3.05) is 0 Å². The molecule has 0 unspecified atom stereocenters. The largest absolute Gasteiger partial charge is 0.349 e. The molecule has 0 heterocycles. The van der Waals surface area contributed by atoms with Crippen molar-refractivity contribution in [3.8, 4) is 0 Å². The number of nitro benzene ring substituents is 1. The van der Waals surface area contributed by atoms with E-state index in [1.807, 2.05) is 0 Å². The molecule has 3 rings (SSSR count). The molecular weight excluding hydrogens is 244 g/mol. The number of nitrogens with one attached hydrogen (secondary N) is 1. The van der Waals surface area contributed by atoms with Crippen molar-refractivity contribution in [2.24, 2.45) is 11.8 Å². The van der Waals surface area contributed by atoms with E-state index in [9.17, 15) is 14.9 Å². The van der Waals surface area contributed by atoms with Crippen LogP contribution in [-0.4, -0.2) is 16.9 Å². The maximum absolute atomic E-state index is 12.1. The number of rotatable bonds is 3. The average molecular weight is 260 g/mol. The summed E-state index contributed by atoms with van der Waals surface area (Å²) in [5.74, 6) is 1.18. The zero-order valence-corrected chi connectivity index (χ0v) is 10.5. The van der Waals surface area contributed by atoms with Gasteiger partial charge in [-0.25, -0.2) is 0 Å². The number of carbonyl (C=O) groups excluding carboxylic acids is 1. The van der Waals surface area contributed by atoms with Crippen molar-refractivity contribution >= 4 is 11.6 Å². The van der Waals surface area contributed by atoms with E-state index < -0.39 is 4.92 Å². The number of carbonyl (C=O) groups is 1. The minimum Gasteiger partial charge on any atom is -0.349 e. The van der Waals surface area contributed by atoms with E-state index in [-0.39, 0.29) is 17.6 Å². The van der Waals surface area contributed by atoms with Gasteiger partial charge in [0.1, 0.15) is 0 Å². The highest BCUT2D eigenvalue weighted by molar-refractivity contribution is 5.95. The third-order valence-corrected chi connectivity index (χ3v) is 4.37. The zero-order chi connectivity index (χ0) is 13.4. The molecular formula is C14H16N2O3. The van der Waals surface area contributed by atoms with Crippen LogP contribution < -0.4 is 5.32 Å². The first kappa shape index (κ1) is 12.1. The van der Waals surface area contributed by atoms with E-state index in [4.69, 9.17) is 0 Å². The molecule has 5 heteroatoms. The van der Waals surface area contributed by atoms with Crippen LogP contribution >= 0.6 is 0 Å². The summed E-state index contributed by atoms with van der Waals surface area (Å²) >= 11 is 0. The van der Waals surface area contributed by atoms with E-state index >= 15 is 0 Å². The normalized spacial score (nSPS) is 28.3. The molecule has 1 N–H and O–H groups in total. The monoisotopic (exact) mass is 260 g/mol. The van der Waals surface area contributed by atoms with Gasteiger partial charge in [0.2, 0.25) is 0 Å². The molecule has 19 heavy (non-hydrogen) atoms. The highest BCUT2D eigenvalue weighted by atomic mass is 16.6. The summed E-state index contributed by atoms with van der Waals surface area (Å²) in [4.78, 5) is 22.3. The van der Waals surface area contributed by atoms with Crippen LogP contribution in [-0.2, 0) is 0 Å². The molecule has 0 aliphatic heterocycles. The summed E-state index contributed by atoms with van der Waals surface area (Å²) in [5.41, 5.74) is 0.331. The van der Waals surface area contributed by atoms with Gasteiger partial charge in [-0.1, -0.05) is 12.5 Å².